The van der Waals surface area contributed by atoms with Crippen molar-refractivity contribution in [2.75, 3.05) is 26.7 Å². The average molecular weight is 232 g/mol. The van der Waals surface area contributed by atoms with Gasteiger partial charge in [0.25, 0.3) is 0 Å². The van der Waals surface area contributed by atoms with Gasteiger partial charge in [0, 0.05) is 25.3 Å². The summed E-state index contributed by atoms with van der Waals surface area (Å²) in [5.41, 5.74) is 7.58. The first-order chi connectivity index (χ1) is 8.26. The van der Waals surface area contributed by atoms with Crippen LogP contribution < -0.4 is 5.73 Å². The fourth-order valence-electron chi connectivity index (χ4n) is 1.63. The molecule has 0 aliphatic heterocycles. The molecule has 1 aromatic rings. The third kappa shape index (κ3) is 5.50. The molecule has 0 aliphatic rings. The van der Waals surface area contributed by atoms with Crippen molar-refractivity contribution in [2.24, 2.45) is 5.73 Å². The summed E-state index contributed by atoms with van der Waals surface area (Å²) in [6.45, 7) is 2.40. The molecule has 17 heavy (non-hydrogen) atoms. The van der Waals surface area contributed by atoms with Gasteiger partial charge in [-0.15, -0.1) is 0 Å². The van der Waals surface area contributed by atoms with E-state index in [4.69, 9.17) is 10.8 Å². The summed E-state index contributed by atoms with van der Waals surface area (Å²) in [7, 11) is 2.05. The van der Waals surface area contributed by atoms with Gasteiger partial charge in [0.05, 0.1) is 6.54 Å². The zero-order valence-corrected chi connectivity index (χ0v) is 10.3. The number of nitrogens with zero attached hydrogens (tertiary/aromatic N) is 1. The third-order valence-corrected chi connectivity index (χ3v) is 2.41. The summed E-state index contributed by atoms with van der Waals surface area (Å²) in [4.78, 5) is 2.19. The Labute approximate surface area is 103 Å². The Balaban J connectivity index is 2.59. The standard InChI is InChI=1S/C14H20N2O/c1-16(9-4-10-17)12-14-6-2-5-13(11-14)7-3-8-15/h2,5-6,11,17H,4,8-10,12,15H2,1H3. The van der Waals surface area contributed by atoms with Crippen LogP contribution in [0.1, 0.15) is 17.5 Å². The van der Waals surface area contributed by atoms with Crippen molar-refractivity contribution in [1.29, 1.82) is 0 Å². The van der Waals surface area contributed by atoms with E-state index in [1.807, 2.05) is 19.2 Å². The minimum Gasteiger partial charge on any atom is -0.396 e. The summed E-state index contributed by atoms with van der Waals surface area (Å²) < 4.78 is 0. The second kappa shape index (κ2) is 7.86. The van der Waals surface area contributed by atoms with Crippen molar-refractivity contribution < 1.29 is 5.11 Å². The molecule has 0 radical (unpaired) electrons. The summed E-state index contributed by atoms with van der Waals surface area (Å²) >= 11 is 0. The molecule has 0 fully saturated rings. The molecular formula is C14H20N2O. The van der Waals surface area contributed by atoms with Crippen molar-refractivity contribution in [1.82, 2.24) is 4.90 Å². The third-order valence-electron chi connectivity index (χ3n) is 2.41. The van der Waals surface area contributed by atoms with Crippen LogP contribution in [0.4, 0.5) is 0 Å². The second-order valence-corrected chi connectivity index (χ2v) is 4.02. The highest BCUT2D eigenvalue weighted by Crippen LogP contribution is 2.07. The van der Waals surface area contributed by atoms with Gasteiger partial charge < -0.3 is 15.7 Å². The fraction of sp³-hybridized carbons (Fsp3) is 0.429. The smallest absolute Gasteiger partial charge is 0.0555 e. The number of rotatable bonds is 5. The molecule has 0 atom stereocenters. The molecule has 0 aromatic heterocycles. The van der Waals surface area contributed by atoms with Crippen LogP contribution in [0.2, 0.25) is 0 Å². The fourth-order valence-corrected chi connectivity index (χ4v) is 1.63. The monoisotopic (exact) mass is 232 g/mol. The van der Waals surface area contributed by atoms with Crippen molar-refractivity contribution in [3.05, 3.63) is 35.4 Å². The van der Waals surface area contributed by atoms with Gasteiger partial charge in [0.2, 0.25) is 0 Å². The first kappa shape index (κ1) is 13.7. The van der Waals surface area contributed by atoms with Crippen LogP contribution in [0.3, 0.4) is 0 Å². The van der Waals surface area contributed by atoms with Gasteiger partial charge in [0.15, 0.2) is 0 Å². The molecule has 1 rings (SSSR count). The lowest BCUT2D eigenvalue weighted by Crippen LogP contribution is -2.19. The maximum atomic E-state index is 8.77. The van der Waals surface area contributed by atoms with E-state index in [2.05, 4.69) is 28.9 Å². The maximum Gasteiger partial charge on any atom is 0.0555 e. The topological polar surface area (TPSA) is 49.5 Å². The Morgan fingerprint density at radius 2 is 2.24 bits per heavy atom. The van der Waals surface area contributed by atoms with Crippen molar-refractivity contribution in [3.8, 4) is 11.8 Å². The van der Waals surface area contributed by atoms with E-state index >= 15 is 0 Å². The van der Waals surface area contributed by atoms with E-state index in [1.54, 1.807) is 0 Å². The molecule has 3 N–H and O–H groups in total. The maximum absolute atomic E-state index is 8.77. The largest absolute Gasteiger partial charge is 0.396 e. The molecule has 0 unspecified atom stereocenters. The van der Waals surface area contributed by atoms with E-state index in [1.165, 1.54) is 5.56 Å². The van der Waals surface area contributed by atoms with Crippen molar-refractivity contribution >= 4 is 0 Å². The number of aliphatic hydroxyl groups excluding tert-OH is 1. The predicted octanol–water partition coefficient (Wildman–Crippen LogP) is 0.811. The van der Waals surface area contributed by atoms with Crippen LogP contribution in [0.5, 0.6) is 0 Å². The van der Waals surface area contributed by atoms with Crippen LogP contribution in [0.25, 0.3) is 0 Å². The normalized spacial score (nSPS) is 10.1. The zero-order valence-electron chi connectivity index (χ0n) is 10.3. The Kier molecular flexibility index (Phi) is 6.34. The Morgan fingerprint density at radius 3 is 2.94 bits per heavy atom. The van der Waals surface area contributed by atoms with E-state index in [9.17, 15) is 0 Å². The van der Waals surface area contributed by atoms with Crippen LogP contribution in [-0.2, 0) is 6.54 Å². The molecule has 1 aromatic carbocycles. The minimum atomic E-state index is 0.242. The number of aliphatic hydroxyl groups is 1. The highest BCUT2D eigenvalue weighted by atomic mass is 16.3. The van der Waals surface area contributed by atoms with Crippen LogP contribution in [0.15, 0.2) is 24.3 Å². The first-order valence-corrected chi connectivity index (χ1v) is 5.83. The highest BCUT2D eigenvalue weighted by Gasteiger charge is 2.00. The van der Waals surface area contributed by atoms with E-state index in [0.717, 1.165) is 25.1 Å². The van der Waals surface area contributed by atoms with Crippen LogP contribution in [-0.4, -0.2) is 36.8 Å². The molecule has 0 bridgehead atoms. The van der Waals surface area contributed by atoms with Gasteiger partial charge in [0.1, 0.15) is 0 Å². The van der Waals surface area contributed by atoms with Crippen molar-refractivity contribution in [3.63, 3.8) is 0 Å². The number of benzene rings is 1. The van der Waals surface area contributed by atoms with E-state index < -0.39 is 0 Å². The Hall–Kier alpha value is -1.34. The lowest BCUT2D eigenvalue weighted by molar-refractivity contribution is 0.244. The van der Waals surface area contributed by atoms with Crippen LogP contribution >= 0.6 is 0 Å². The van der Waals surface area contributed by atoms with E-state index in [0.29, 0.717) is 6.54 Å². The lowest BCUT2D eigenvalue weighted by Gasteiger charge is -2.15. The molecule has 0 saturated carbocycles. The molecule has 0 heterocycles. The summed E-state index contributed by atoms with van der Waals surface area (Å²) in [5, 5.41) is 8.77. The molecule has 0 saturated heterocycles. The molecule has 0 spiro atoms. The van der Waals surface area contributed by atoms with Gasteiger partial charge in [-0.2, -0.15) is 0 Å². The summed E-state index contributed by atoms with van der Waals surface area (Å²) in [6, 6.07) is 8.16. The van der Waals surface area contributed by atoms with Crippen molar-refractivity contribution in [2.45, 2.75) is 13.0 Å². The Morgan fingerprint density at radius 1 is 1.41 bits per heavy atom. The molecule has 3 nitrogen and oxygen atoms in total. The number of nitrogens with two attached hydrogens (primary N) is 1. The quantitative estimate of drug-likeness (QED) is 0.739. The van der Waals surface area contributed by atoms with Gasteiger partial charge in [-0.3, -0.25) is 0 Å². The lowest BCUT2D eigenvalue weighted by atomic mass is 10.1. The van der Waals surface area contributed by atoms with E-state index in [-0.39, 0.29) is 6.61 Å². The van der Waals surface area contributed by atoms with Gasteiger partial charge in [-0.05, 0) is 31.2 Å². The number of hydrogen-bond acceptors (Lipinski definition) is 3. The highest BCUT2D eigenvalue weighted by molar-refractivity contribution is 5.37. The number of hydrogen-bond donors (Lipinski definition) is 2. The molecular weight excluding hydrogens is 212 g/mol. The first-order valence-electron chi connectivity index (χ1n) is 5.83. The summed E-state index contributed by atoms with van der Waals surface area (Å²) in [5.74, 6) is 5.88. The van der Waals surface area contributed by atoms with Gasteiger partial charge >= 0.3 is 0 Å². The van der Waals surface area contributed by atoms with Crippen LogP contribution in [0, 0.1) is 11.8 Å². The summed E-state index contributed by atoms with van der Waals surface area (Å²) in [6.07, 6.45) is 0.809. The molecule has 3 heteroatoms. The average Bonchev–Trinajstić information content (AvgIpc) is 2.34. The zero-order chi connectivity index (χ0) is 12.5. The SMILES string of the molecule is CN(CCCO)Cc1cccc(C#CCN)c1. The molecule has 92 valence electrons. The predicted molar refractivity (Wildman–Crippen MR) is 70.4 cm³/mol. The van der Waals surface area contributed by atoms with Gasteiger partial charge in [-0.1, -0.05) is 24.0 Å². The minimum absolute atomic E-state index is 0.242. The Bertz CT molecular complexity index is 393. The molecule has 0 aliphatic carbocycles. The van der Waals surface area contributed by atoms with Gasteiger partial charge in [-0.25, -0.2) is 0 Å². The second-order valence-electron chi connectivity index (χ2n) is 4.02. The molecule has 0 amide bonds.